The monoisotopic (exact) mass is 438 g/mol. The van der Waals surface area contributed by atoms with Crippen LogP contribution < -0.4 is 11.2 Å². The molecule has 0 radical (unpaired) electrons. The zero-order chi connectivity index (χ0) is 21.7. The summed E-state index contributed by atoms with van der Waals surface area (Å²) in [5.41, 5.74) is -0.200. The summed E-state index contributed by atoms with van der Waals surface area (Å²) in [6.07, 6.45) is -1.77. The quantitative estimate of drug-likeness (QED) is 0.652. The first-order valence-corrected chi connectivity index (χ1v) is 10.8. The molecule has 2 aliphatic heterocycles. The Bertz CT molecular complexity index is 1150. The van der Waals surface area contributed by atoms with E-state index in [1.165, 1.54) is 18.3 Å². The first-order valence-electron chi connectivity index (χ1n) is 9.35. The molecule has 2 fully saturated rings. The fourth-order valence-electron chi connectivity index (χ4n) is 3.63. The lowest BCUT2D eigenvalue weighted by molar-refractivity contribution is -0.190. The maximum Gasteiger partial charge on any atom is 0.325 e. The highest BCUT2D eigenvalue weighted by atomic mass is 32.2. The van der Waals surface area contributed by atoms with Crippen LogP contribution in [0.15, 0.2) is 44.9 Å². The normalized spacial score (nSPS) is 27.8. The Morgan fingerprint density at radius 2 is 1.77 bits per heavy atom. The van der Waals surface area contributed by atoms with Crippen LogP contribution in [0.5, 0.6) is 0 Å². The van der Waals surface area contributed by atoms with Crippen LogP contribution in [-0.2, 0) is 28.5 Å². The van der Waals surface area contributed by atoms with E-state index < -0.39 is 51.6 Å². The maximum absolute atomic E-state index is 12.5. The second-order valence-corrected chi connectivity index (χ2v) is 9.35. The minimum atomic E-state index is -4.01. The van der Waals surface area contributed by atoms with Gasteiger partial charge < -0.3 is 19.2 Å². The molecule has 0 saturated carbocycles. The Hall–Kier alpha value is -2.31. The fourth-order valence-corrected chi connectivity index (χ4v) is 4.55. The molecule has 10 nitrogen and oxygen atoms in total. The van der Waals surface area contributed by atoms with Gasteiger partial charge >= 0.3 is 5.69 Å². The van der Waals surface area contributed by atoms with Gasteiger partial charge in [0.2, 0.25) is 0 Å². The molecule has 0 amide bonds. The molecule has 4 atom stereocenters. The van der Waals surface area contributed by atoms with Gasteiger partial charge in [-0.15, -0.1) is 0 Å². The zero-order valence-corrected chi connectivity index (χ0v) is 17.4. The fraction of sp³-hybridized carbons (Fsp3) is 0.474. The molecular weight excluding hydrogens is 416 g/mol. The number of nitrogens with one attached hydrogen (secondary N) is 2. The number of aromatic amines is 2. The molecule has 0 unspecified atom stereocenters. The molecular formula is C19H22N2O8S. The van der Waals surface area contributed by atoms with Crippen molar-refractivity contribution in [2.75, 3.05) is 6.61 Å². The first-order chi connectivity index (χ1) is 14.1. The average molecular weight is 438 g/mol. The molecule has 2 aromatic rings. The second-order valence-electron chi connectivity index (χ2n) is 7.74. The van der Waals surface area contributed by atoms with Crippen molar-refractivity contribution in [3.63, 3.8) is 0 Å². The van der Waals surface area contributed by atoms with Gasteiger partial charge in [-0.2, -0.15) is 8.42 Å². The van der Waals surface area contributed by atoms with Crippen LogP contribution in [0.1, 0.15) is 31.1 Å². The van der Waals surface area contributed by atoms with Crippen molar-refractivity contribution in [3.05, 3.63) is 62.4 Å². The molecule has 2 N–H and O–H groups in total. The van der Waals surface area contributed by atoms with Crippen LogP contribution in [-0.4, -0.2) is 49.1 Å². The van der Waals surface area contributed by atoms with E-state index in [1.807, 2.05) is 6.92 Å². The topological polar surface area (TPSA) is 137 Å². The number of benzene rings is 1. The Morgan fingerprint density at radius 1 is 1.10 bits per heavy atom. The van der Waals surface area contributed by atoms with E-state index in [-0.39, 0.29) is 17.1 Å². The Balaban J connectivity index is 1.57. The summed E-state index contributed by atoms with van der Waals surface area (Å²) in [6.45, 7) is 4.94. The Kier molecular flexibility index (Phi) is 5.19. The van der Waals surface area contributed by atoms with E-state index in [2.05, 4.69) is 9.97 Å². The van der Waals surface area contributed by atoms with Crippen molar-refractivity contribution >= 4 is 10.1 Å². The van der Waals surface area contributed by atoms with Crippen LogP contribution in [0.25, 0.3) is 0 Å². The molecule has 3 heterocycles. The summed E-state index contributed by atoms with van der Waals surface area (Å²) in [6, 6.07) is 6.27. The predicted octanol–water partition coefficient (Wildman–Crippen LogP) is 0.737. The average Bonchev–Trinajstić information content (AvgIpc) is 3.14. The van der Waals surface area contributed by atoms with Crippen molar-refractivity contribution < 1.29 is 26.8 Å². The van der Waals surface area contributed by atoms with Crippen molar-refractivity contribution in [1.82, 2.24) is 9.97 Å². The molecule has 162 valence electrons. The van der Waals surface area contributed by atoms with Gasteiger partial charge in [0.15, 0.2) is 5.79 Å². The van der Waals surface area contributed by atoms with Gasteiger partial charge in [0.25, 0.3) is 15.7 Å². The standard InChI is InChI=1S/C19H22N2O8S/c1-10-4-6-11(7-5-10)30(24,25)26-9-13-15-16(29-19(2,3)28-15)14(27-13)12-8-20-18(23)21-17(12)22/h4-8,13-16H,9H2,1-3H3,(H2,20,21,22,23)/t13-,14+,15-,16+/m1/s1. The van der Waals surface area contributed by atoms with Crippen LogP contribution in [0, 0.1) is 6.92 Å². The molecule has 0 bridgehead atoms. The van der Waals surface area contributed by atoms with Crippen molar-refractivity contribution in [1.29, 1.82) is 0 Å². The molecule has 1 aromatic heterocycles. The van der Waals surface area contributed by atoms with Gasteiger partial charge in [0.05, 0.1) is 17.1 Å². The largest absolute Gasteiger partial charge is 0.362 e. The third-order valence-electron chi connectivity index (χ3n) is 5.00. The number of aryl methyl sites for hydroxylation is 1. The van der Waals surface area contributed by atoms with Gasteiger partial charge in [0.1, 0.15) is 24.4 Å². The van der Waals surface area contributed by atoms with E-state index in [9.17, 15) is 18.0 Å². The highest BCUT2D eigenvalue weighted by Gasteiger charge is 2.56. The third kappa shape index (κ3) is 3.98. The smallest absolute Gasteiger partial charge is 0.325 e. The second kappa shape index (κ2) is 7.43. The molecule has 2 aliphatic rings. The molecule has 0 spiro atoms. The van der Waals surface area contributed by atoms with Crippen LogP contribution in [0.2, 0.25) is 0 Å². The summed E-state index contributed by atoms with van der Waals surface area (Å²) in [4.78, 5) is 28.1. The number of hydrogen-bond donors (Lipinski definition) is 2. The van der Waals surface area contributed by atoms with E-state index in [0.29, 0.717) is 0 Å². The van der Waals surface area contributed by atoms with Crippen LogP contribution in [0.4, 0.5) is 0 Å². The zero-order valence-electron chi connectivity index (χ0n) is 16.6. The summed E-state index contributed by atoms with van der Waals surface area (Å²) in [5.74, 6) is -0.958. The molecule has 30 heavy (non-hydrogen) atoms. The minimum absolute atomic E-state index is 0.0280. The third-order valence-corrected chi connectivity index (χ3v) is 6.30. The first kappa shape index (κ1) is 20.9. The van der Waals surface area contributed by atoms with Crippen molar-refractivity contribution in [3.8, 4) is 0 Å². The predicted molar refractivity (Wildman–Crippen MR) is 103 cm³/mol. The minimum Gasteiger partial charge on any atom is -0.362 e. The van der Waals surface area contributed by atoms with E-state index >= 15 is 0 Å². The lowest BCUT2D eigenvalue weighted by Gasteiger charge is -2.23. The number of rotatable bonds is 5. The van der Waals surface area contributed by atoms with E-state index in [4.69, 9.17) is 18.4 Å². The van der Waals surface area contributed by atoms with Gasteiger partial charge in [-0.3, -0.25) is 14.0 Å². The SMILES string of the molecule is Cc1ccc(S(=O)(=O)OC[C@H]2O[C@@H](c3c[nH]c(=O)[nH]c3=O)[C@@H]3OC(C)(C)O[C@@H]32)cc1. The number of fused-ring (bicyclic) bond motifs is 1. The summed E-state index contributed by atoms with van der Waals surface area (Å²) < 4.78 is 47.9. The number of H-pyrrole nitrogens is 2. The molecule has 2 saturated heterocycles. The van der Waals surface area contributed by atoms with Crippen LogP contribution >= 0.6 is 0 Å². The molecule has 11 heteroatoms. The number of aromatic nitrogens is 2. The highest BCUT2D eigenvalue weighted by Crippen LogP contribution is 2.44. The maximum atomic E-state index is 12.5. The van der Waals surface area contributed by atoms with Gasteiger partial charge in [0, 0.05) is 6.20 Å². The van der Waals surface area contributed by atoms with Crippen molar-refractivity contribution in [2.24, 2.45) is 0 Å². The number of hydrogen-bond acceptors (Lipinski definition) is 8. The van der Waals surface area contributed by atoms with E-state index in [0.717, 1.165) is 5.56 Å². The summed E-state index contributed by atoms with van der Waals surface area (Å²) >= 11 is 0. The lowest BCUT2D eigenvalue weighted by atomic mass is 10.0. The van der Waals surface area contributed by atoms with Gasteiger partial charge in [-0.25, -0.2) is 4.79 Å². The summed E-state index contributed by atoms with van der Waals surface area (Å²) in [5, 5.41) is 0. The lowest BCUT2D eigenvalue weighted by Crippen LogP contribution is -2.33. The molecule has 1 aromatic carbocycles. The van der Waals surface area contributed by atoms with Gasteiger partial charge in [-0.05, 0) is 32.9 Å². The van der Waals surface area contributed by atoms with Gasteiger partial charge in [-0.1, -0.05) is 17.7 Å². The van der Waals surface area contributed by atoms with E-state index in [1.54, 1.807) is 26.0 Å². The molecule has 0 aliphatic carbocycles. The highest BCUT2D eigenvalue weighted by molar-refractivity contribution is 7.86. The van der Waals surface area contributed by atoms with Crippen LogP contribution in [0.3, 0.4) is 0 Å². The van der Waals surface area contributed by atoms with Crippen molar-refractivity contribution in [2.45, 2.75) is 55.9 Å². The Labute approximate surface area is 172 Å². The summed E-state index contributed by atoms with van der Waals surface area (Å²) in [7, 11) is -4.01. The Morgan fingerprint density at radius 3 is 2.43 bits per heavy atom. The number of ether oxygens (including phenoxy) is 3. The molecule has 4 rings (SSSR count).